The van der Waals surface area contributed by atoms with Crippen LogP contribution in [0.25, 0.3) is 10.9 Å². The Kier molecular flexibility index (Phi) is 11.3. The SMILES string of the molecule is NC(=O)CCC(NC(=O)C(CC(=O)O)NC(=O)C(N)Cc1c[nH]c2ccccc12)C(=O)NC(Cc1ccccc1)C(=O)O. The van der Waals surface area contributed by atoms with Gasteiger partial charge in [0.25, 0.3) is 0 Å². The van der Waals surface area contributed by atoms with Gasteiger partial charge in [0.05, 0.1) is 12.5 Å². The van der Waals surface area contributed by atoms with Gasteiger partial charge >= 0.3 is 11.9 Å². The lowest BCUT2D eigenvalue weighted by atomic mass is 10.0. The van der Waals surface area contributed by atoms with Crippen LogP contribution in [0.2, 0.25) is 0 Å². The first-order valence-electron chi connectivity index (χ1n) is 13.4. The van der Waals surface area contributed by atoms with Crippen molar-refractivity contribution in [1.29, 1.82) is 0 Å². The largest absolute Gasteiger partial charge is 0.481 e. The third kappa shape index (κ3) is 9.67. The van der Waals surface area contributed by atoms with E-state index in [9.17, 15) is 39.0 Å². The summed E-state index contributed by atoms with van der Waals surface area (Å²) in [6.07, 6.45) is 0.221. The minimum absolute atomic E-state index is 0.0651. The van der Waals surface area contributed by atoms with E-state index in [4.69, 9.17) is 11.5 Å². The van der Waals surface area contributed by atoms with E-state index in [-0.39, 0.29) is 25.7 Å². The Labute approximate surface area is 246 Å². The first-order chi connectivity index (χ1) is 20.4. The first kappa shape index (κ1) is 32.3. The molecule has 3 rings (SSSR count). The Bertz CT molecular complexity index is 1470. The number of benzene rings is 2. The average molecular weight is 595 g/mol. The number of aromatic nitrogens is 1. The molecule has 14 nitrogen and oxygen atoms in total. The highest BCUT2D eigenvalue weighted by Gasteiger charge is 2.32. The summed E-state index contributed by atoms with van der Waals surface area (Å²) in [5, 5.41) is 26.9. The Balaban J connectivity index is 1.71. The van der Waals surface area contributed by atoms with E-state index in [1.165, 1.54) is 0 Å². The van der Waals surface area contributed by atoms with Crippen molar-refractivity contribution < 1.29 is 39.0 Å². The number of amides is 4. The van der Waals surface area contributed by atoms with Crippen molar-refractivity contribution in [3.05, 3.63) is 71.9 Å². The van der Waals surface area contributed by atoms with E-state index in [2.05, 4.69) is 20.9 Å². The van der Waals surface area contributed by atoms with Crippen LogP contribution in [0.5, 0.6) is 0 Å². The number of aromatic amines is 1. The third-order valence-electron chi connectivity index (χ3n) is 6.67. The molecule has 0 bridgehead atoms. The maximum atomic E-state index is 13.2. The van der Waals surface area contributed by atoms with Gasteiger partial charge in [0, 0.05) is 29.9 Å². The molecular weight excluding hydrogens is 560 g/mol. The predicted molar refractivity (Wildman–Crippen MR) is 154 cm³/mol. The standard InChI is InChI=1S/C29H34N6O8/c30-19(13-17-15-32-20-9-5-4-8-18(17)20)26(39)34-22(14-25(37)38)28(41)33-21(10-11-24(31)36)27(40)35-23(29(42)43)12-16-6-2-1-3-7-16/h1-9,15,19,21-23,32H,10-14,30H2,(H2,31,36)(H,33,41)(H,34,39)(H,35,40)(H,37,38)(H,42,43). The quantitative estimate of drug-likeness (QED) is 0.107. The van der Waals surface area contributed by atoms with Crippen LogP contribution >= 0.6 is 0 Å². The number of fused-ring (bicyclic) bond motifs is 1. The summed E-state index contributed by atoms with van der Waals surface area (Å²) in [6, 6.07) is 10.2. The van der Waals surface area contributed by atoms with Crippen molar-refractivity contribution in [2.75, 3.05) is 0 Å². The third-order valence-corrected chi connectivity index (χ3v) is 6.67. The molecule has 0 aliphatic heterocycles. The number of carbonyl (C=O) groups excluding carboxylic acids is 4. The fourth-order valence-corrected chi connectivity index (χ4v) is 4.44. The van der Waals surface area contributed by atoms with Crippen molar-refractivity contribution in [2.24, 2.45) is 11.5 Å². The first-order valence-corrected chi connectivity index (χ1v) is 13.4. The number of primary amides is 1. The Morgan fingerprint density at radius 2 is 1.37 bits per heavy atom. The molecule has 4 atom stereocenters. The zero-order valence-electron chi connectivity index (χ0n) is 23.1. The molecular formula is C29H34N6O8. The van der Waals surface area contributed by atoms with Crippen molar-refractivity contribution >= 4 is 46.5 Å². The number of aliphatic carboxylic acids is 2. The topological polar surface area (TPSA) is 247 Å². The van der Waals surface area contributed by atoms with Gasteiger partial charge in [0.15, 0.2) is 0 Å². The van der Waals surface area contributed by atoms with Gasteiger partial charge in [-0.25, -0.2) is 4.79 Å². The fourth-order valence-electron chi connectivity index (χ4n) is 4.44. The van der Waals surface area contributed by atoms with Crippen molar-refractivity contribution in [2.45, 2.75) is 56.3 Å². The molecule has 43 heavy (non-hydrogen) atoms. The fraction of sp³-hybridized carbons (Fsp3) is 0.310. The van der Waals surface area contributed by atoms with Crippen molar-refractivity contribution in [3.8, 4) is 0 Å². The van der Waals surface area contributed by atoms with Gasteiger partial charge in [-0.05, 0) is 30.0 Å². The lowest BCUT2D eigenvalue weighted by Crippen LogP contribution is -2.58. The number of H-pyrrole nitrogens is 1. The van der Waals surface area contributed by atoms with Crippen molar-refractivity contribution in [3.63, 3.8) is 0 Å². The average Bonchev–Trinajstić information content (AvgIpc) is 3.37. The number of rotatable bonds is 16. The van der Waals surface area contributed by atoms with Crippen LogP contribution in [0, 0.1) is 0 Å². The molecule has 1 aromatic heterocycles. The minimum atomic E-state index is -1.64. The van der Waals surface area contributed by atoms with Gasteiger partial charge in [0.2, 0.25) is 23.6 Å². The summed E-state index contributed by atoms with van der Waals surface area (Å²) >= 11 is 0. The van der Waals surface area contributed by atoms with Crippen LogP contribution in [-0.2, 0) is 41.6 Å². The van der Waals surface area contributed by atoms with Gasteiger partial charge in [-0.3, -0.25) is 24.0 Å². The summed E-state index contributed by atoms with van der Waals surface area (Å²) in [6.45, 7) is 0. The molecule has 0 aliphatic rings. The summed E-state index contributed by atoms with van der Waals surface area (Å²) in [5.74, 6) is -6.33. The smallest absolute Gasteiger partial charge is 0.326 e. The van der Waals surface area contributed by atoms with Gasteiger partial charge in [-0.2, -0.15) is 0 Å². The monoisotopic (exact) mass is 594 g/mol. The highest BCUT2D eigenvalue weighted by Crippen LogP contribution is 2.19. The molecule has 0 spiro atoms. The van der Waals surface area contributed by atoms with Gasteiger partial charge < -0.3 is 42.6 Å². The van der Waals surface area contributed by atoms with E-state index in [0.29, 0.717) is 5.56 Å². The number of hydrogen-bond donors (Lipinski definition) is 8. The van der Waals surface area contributed by atoms with Crippen LogP contribution in [0.1, 0.15) is 30.4 Å². The highest BCUT2D eigenvalue weighted by molar-refractivity contribution is 5.96. The summed E-state index contributed by atoms with van der Waals surface area (Å²) in [4.78, 5) is 77.0. The molecule has 0 aliphatic carbocycles. The molecule has 0 fully saturated rings. The van der Waals surface area contributed by atoms with E-state index >= 15 is 0 Å². The number of carboxylic acid groups (broad SMARTS) is 2. The lowest BCUT2D eigenvalue weighted by Gasteiger charge is -2.24. The van der Waals surface area contributed by atoms with E-state index in [0.717, 1.165) is 16.5 Å². The van der Waals surface area contributed by atoms with Crippen LogP contribution in [0.4, 0.5) is 0 Å². The molecule has 2 aromatic carbocycles. The number of hydrogen-bond acceptors (Lipinski definition) is 7. The van der Waals surface area contributed by atoms with Crippen LogP contribution in [-0.4, -0.2) is 74.9 Å². The molecule has 4 amide bonds. The number of nitrogens with two attached hydrogens (primary N) is 2. The van der Waals surface area contributed by atoms with Crippen LogP contribution in [0.3, 0.4) is 0 Å². The Morgan fingerprint density at radius 1 is 0.767 bits per heavy atom. The maximum absolute atomic E-state index is 13.2. The molecule has 0 saturated carbocycles. The molecule has 228 valence electrons. The summed E-state index contributed by atoms with van der Waals surface area (Å²) < 4.78 is 0. The summed E-state index contributed by atoms with van der Waals surface area (Å²) in [7, 11) is 0. The molecule has 0 radical (unpaired) electrons. The molecule has 0 saturated heterocycles. The van der Waals surface area contributed by atoms with Gasteiger partial charge in [-0.1, -0.05) is 48.5 Å². The number of nitrogens with one attached hydrogen (secondary N) is 4. The van der Waals surface area contributed by atoms with Crippen molar-refractivity contribution in [1.82, 2.24) is 20.9 Å². The number of carboxylic acids is 2. The zero-order chi connectivity index (χ0) is 31.5. The number of carbonyl (C=O) groups is 6. The Morgan fingerprint density at radius 3 is 2.02 bits per heavy atom. The lowest BCUT2D eigenvalue weighted by molar-refractivity contribution is -0.143. The van der Waals surface area contributed by atoms with Crippen LogP contribution in [0.15, 0.2) is 60.8 Å². The van der Waals surface area contributed by atoms with Gasteiger partial charge in [-0.15, -0.1) is 0 Å². The van der Waals surface area contributed by atoms with Crippen LogP contribution < -0.4 is 27.4 Å². The molecule has 4 unspecified atom stereocenters. The molecule has 14 heteroatoms. The Hall–Kier alpha value is -5.24. The maximum Gasteiger partial charge on any atom is 0.326 e. The van der Waals surface area contributed by atoms with Gasteiger partial charge in [0.1, 0.15) is 18.1 Å². The molecule has 3 aromatic rings. The second kappa shape index (κ2) is 15.1. The second-order valence-corrected chi connectivity index (χ2v) is 9.98. The highest BCUT2D eigenvalue weighted by atomic mass is 16.4. The molecule has 10 N–H and O–H groups in total. The number of para-hydroxylation sites is 1. The zero-order valence-corrected chi connectivity index (χ0v) is 23.1. The molecule has 1 heterocycles. The second-order valence-electron chi connectivity index (χ2n) is 9.98. The van der Waals surface area contributed by atoms with E-state index in [1.807, 2.05) is 24.3 Å². The normalized spacial score (nSPS) is 13.7. The van der Waals surface area contributed by atoms with E-state index in [1.54, 1.807) is 36.5 Å². The minimum Gasteiger partial charge on any atom is -0.481 e. The summed E-state index contributed by atoms with van der Waals surface area (Å²) in [5.41, 5.74) is 13.5. The predicted octanol–water partition coefficient (Wildman–Crippen LogP) is -0.440. The van der Waals surface area contributed by atoms with E-state index < -0.39 is 66.2 Å².